The van der Waals surface area contributed by atoms with Gasteiger partial charge in [-0.3, -0.25) is 4.98 Å². The highest BCUT2D eigenvalue weighted by Crippen LogP contribution is 2.19. The number of nitrogen functional groups attached to an aromatic ring is 1. The van der Waals surface area contributed by atoms with E-state index in [1.807, 2.05) is 35.8 Å². The number of rotatable bonds is 3. The van der Waals surface area contributed by atoms with Crippen LogP contribution in [0.5, 0.6) is 0 Å². The molecule has 4 aromatic heterocycles. The molecule has 0 bridgehead atoms. The van der Waals surface area contributed by atoms with Crippen LogP contribution in [0.15, 0.2) is 43.0 Å². The first-order chi connectivity index (χ1) is 11.2. The number of hydrogen-bond donors (Lipinski definition) is 1. The van der Waals surface area contributed by atoms with Crippen LogP contribution in [0.1, 0.15) is 11.4 Å². The summed E-state index contributed by atoms with van der Waals surface area (Å²) in [7, 11) is 0. The van der Waals surface area contributed by atoms with Crippen molar-refractivity contribution in [3.63, 3.8) is 0 Å². The Morgan fingerprint density at radius 2 is 2.04 bits per heavy atom. The third-order valence-electron chi connectivity index (χ3n) is 3.46. The normalized spacial score (nSPS) is 11.2. The zero-order chi connectivity index (χ0) is 15.8. The molecule has 114 valence electrons. The van der Waals surface area contributed by atoms with Crippen LogP contribution in [0.25, 0.3) is 17.0 Å². The standard InChI is InChI=1S/C15H14N8/c1-10-4-2-5-11(19-10)8-22-9-17-12-13(22)20-15(16)21-14(12)23-7-3-6-18-23/h2-7,9H,8H2,1H3,(H2,16,20,21). The van der Waals surface area contributed by atoms with E-state index in [0.717, 1.165) is 11.4 Å². The minimum Gasteiger partial charge on any atom is -0.368 e. The molecule has 0 aliphatic rings. The van der Waals surface area contributed by atoms with E-state index in [9.17, 15) is 0 Å². The van der Waals surface area contributed by atoms with E-state index in [1.165, 1.54) is 0 Å². The second kappa shape index (κ2) is 5.16. The van der Waals surface area contributed by atoms with E-state index in [4.69, 9.17) is 5.73 Å². The van der Waals surface area contributed by atoms with Crippen LogP contribution in [0, 0.1) is 6.92 Å². The van der Waals surface area contributed by atoms with Gasteiger partial charge in [0.1, 0.15) is 0 Å². The fourth-order valence-corrected chi connectivity index (χ4v) is 2.48. The molecule has 8 nitrogen and oxygen atoms in total. The molecular weight excluding hydrogens is 292 g/mol. The van der Waals surface area contributed by atoms with Gasteiger partial charge in [-0.15, -0.1) is 0 Å². The predicted molar refractivity (Wildman–Crippen MR) is 84.9 cm³/mol. The molecule has 4 rings (SSSR count). The van der Waals surface area contributed by atoms with Crippen molar-refractivity contribution >= 4 is 17.1 Å². The highest BCUT2D eigenvalue weighted by atomic mass is 15.3. The summed E-state index contributed by atoms with van der Waals surface area (Å²) in [6, 6.07) is 7.73. The van der Waals surface area contributed by atoms with Gasteiger partial charge in [-0.2, -0.15) is 15.1 Å². The fourth-order valence-electron chi connectivity index (χ4n) is 2.48. The first kappa shape index (κ1) is 13.4. The van der Waals surface area contributed by atoms with Crippen molar-refractivity contribution in [3.05, 3.63) is 54.4 Å². The third-order valence-corrected chi connectivity index (χ3v) is 3.46. The first-order valence-corrected chi connectivity index (χ1v) is 7.11. The zero-order valence-electron chi connectivity index (χ0n) is 12.5. The Morgan fingerprint density at radius 1 is 1.13 bits per heavy atom. The molecule has 0 aromatic carbocycles. The van der Waals surface area contributed by atoms with Gasteiger partial charge in [-0.25, -0.2) is 9.67 Å². The molecule has 0 fully saturated rings. The van der Waals surface area contributed by atoms with E-state index in [2.05, 4.69) is 25.0 Å². The van der Waals surface area contributed by atoms with Gasteiger partial charge in [-0.1, -0.05) is 6.07 Å². The molecule has 4 heterocycles. The molecule has 0 spiro atoms. The number of nitrogens with zero attached hydrogens (tertiary/aromatic N) is 7. The smallest absolute Gasteiger partial charge is 0.224 e. The number of pyridine rings is 1. The summed E-state index contributed by atoms with van der Waals surface area (Å²) >= 11 is 0. The van der Waals surface area contributed by atoms with Gasteiger partial charge in [0.2, 0.25) is 5.95 Å². The largest absolute Gasteiger partial charge is 0.368 e. The molecule has 0 saturated carbocycles. The van der Waals surface area contributed by atoms with Crippen molar-refractivity contribution in [2.45, 2.75) is 13.5 Å². The lowest BCUT2D eigenvalue weighted by molar-refractivity contribution is 0.783. The molecule has 0 unspecified atom stereocenters. The molecule has 0 amide bonds. The van der Waals surface area contributed by atoms with Crippen molar-refractivity contribution in [2.24, 2.45) is 0 Å². The van der Waals surface area contributed by atoms with Crippen molar-refractivity contribution in [1.82, 2.24) is 34.3 Å². The quantitative estimate of drug-likeness (QED) is 0.613. The number of fused-ring (bicyclic) bond motifs is 1. The average Bonchev–Trinajstić information content (AvgIpc) is 3.17. The SMILES string of the molecule is Cc1cccc(Cn2cnc3c(-n4cccn4)nc(N)nc32)n1. The first-order valence-electron chi connectivity index (χ1n) is 7.11. The maximum absolute atomic E-state index is 5.86. The summed E-state index contributed by atoms with van der Waals surface area (Å²) in [5.74, 6) is 0.746. The number of aryl methyl sites for hydroxylation is 1. The lowest BCUT2D eigenvalue weighted by atomic mass is 10.3. The summed E-state index contributed by atoms with van der Waals surface area (Å²) in [4.78, 5) is 17.5. The second-order valence-corrected chi connectivity index (χ2v) is 5.17. The number of hydrogen-bond acceptors (Lipinski definition) is 6. The summed E-state index contributed by atoms with van der Waals surface area (Å²) < 4.78 is 3.53. The van der Waals surface area contributed by atoms with Crippen LogP contribution in [-0.4, -0.2) is 34.3 Å². The maximum atomic E-state index is 5.86. The topological polar surface area (TPSA) is 100 Å². The Balaban J connectivity index is 1.83. The molecule has 2 N–H and O–H groups in total. The molecule has 23 heavy (non-hydrogen) atoms. The summed E-state index contributed by atoms with van der Waals surface area (Å²) in [5, 5.41) is 4.19. The number of imidazole rings is 1. The van der Waals surface area contributed by atoms with E-state index in [1.54, 1.807) is 23.4 Å². The number of nitrogens with two attached hydrogens (primary N) is 1. The summed E-state index contributed by atoms with van der Waals surface area (Å²) in [6.45, 7) is 2.53. The minimum absolute atomic E-state index is 0.182. The van der Waals surface area contributed by atoms with Gasteiger partial charge in [0.05, 0.1) is 18.6 Å². The van der Waals surface area contributed by atoms with Gasteiger partial charge in [-0.05, 0) is 25.1 Å². The van der Waals surface area contributed by atoms with Crippen LogP contribution in [0.2, 0.25) is 0 Å². The van der Waals surface area contributed by atoms with Gasteiger partial charge < -0.3 is 10.3 Å². The highest BCUT2D eigenvalue weighted by molar-refractivity contribution is 5.79. The van der Waals surface area contributed by atoms with Crippen LogP contribution in [0.3, 0.4) is 0 Å². The average molecular weight is 306 g/mol. The zero-order valence-corrected chi connectivity index (χ0v) is 12.5. The van der Waals surface area contributed by atoms with Crippen molar-refractivity contribution in [2.75, 3.05) is 5.73 Å². The maximum Gasteiger partial charge on any atom is 0.224 e. The van der Waals surface area contributed by atoms with Crippen molar-refractivity contribution in [1.29, 1.82) is 0 Å². The monoisotopic (exact) mass is 306 g/mol. The van der Waals surface area contributed by atoms with E-state index in [0.29, 0.717) is 23.5 Å². The molecule has 0 saturated heterocycles. The van der Waals surface area contributed by atoms with Gasteiger partial charge >= 0.3 is 0 Å². The molecule has 0 radical (unpaired) electrons. The van der Waals surface area contributed by atoms with E-state index < -0.39 is 0 Å². The molecule has 4 aromatic rings. The Kier molecular flexibility index (Phi) is 3.00. The molecule has 8 heteroatoms. The Labute approximate surface area is 131 Å². The Hall–Kier alpha value is -3.29. The summed E-state index contributed by atoms with van der Waals surface area (Å²) in [5.41, 5.74) is 9.07. The summed E-state index contributed by atoms with van der Waals surface area (Å²) in [6.07, 6.45) is 5.19. The fraction of sp³-hybridized carbons (Fsp3) is 0.133. The molecular formula is C15H14N8. The van der Waals surface area contributed by atoms with Crippen LogP contribution < -0.4 is 5.73 Å². The van der Waals surface area contributed by atoms with Crippen LogP contribution in [0.4, 0.5) is 5.95 Å². The molecule has 0 aliphatic heterocycles. The Bertz CT molecular complexity index is 970. The lowest BCUT2D eigenvalue weighted by Gasteiger charge is -2.06. The van der Waals surface area contributed by atoms with Crippen molar-refractivity contribution < 1.29 is 0 Å². The molecule has 0 aliphatic carbocycles. The predicted octanol–water partition coefficient (Wildman–Crippen LogP) is 1.35. The van der Waals surface area contributed by atoms with Crippen LogP contribution in [-0.2, 0) is 6.54 Å². The van der Waals surface area contributed by atoms with Gasteiger partial charge in [0.25, 0.3) is 0 Å². The second-order valence-electron chi connectivity index (χ2n) is 5.17. The number of aromatic nitrogens is 7. The Morgan fingerprint density at radius 3 is 2.83 bits per heavy atom. The van der Waals surface area contributed by atoms with E-state index >= 15 is 0 Å². The van der Waals surface area contributed by atoms with Crippen LogP contribution >= 0.6 is 0 Å². The van der Waals surface area contributed by atoms with Crippen molar-refractivity contribution in [3.8, 4) is 5.82 Å². The van der Waals surface area contributed by atoms with Gasteiger partial charge in [0, 0.05) is 18.1 Å². The minimum atomic E-state index is 0.182. The van der Waals surface area contributed by atoms with E-state index in [-0.39, 0.29) is 5.95 Å². The third kappa shape index (κ3) is 2.39. The molecule has 0 atom stereocenters. The highest BCUT2D eigenvalue weighted by Gasteiger charge is 2.14. The lowest BCUT2D eigenvalue weighted by Crippen LogP contribution is -2.07. The van der Waals surface area contributed by atoms with Gasteiger partial charge in [0.15, 0.2) is 17.0 Å². The number of anilines is 1.